The Morgan fingerprint density at radius 2 is 1.91 bits per heavy atom. The predicted molar refractivity (Wildman–Crippen MR) is 142 cm³/mol. The lowest BCUT2D eigenvalue weighted by Crippen LogP contribution is -2.40. The highest BCUT2D eigenvalue weighted by Gasteiger charge is 2.20. The average Bonchev–Trinajstić information content (AvgIpc) is 2.81. The topological polar surface area (TPSA) is 59.5 Å². The Hall–Kier alpha value is -2.92. The number of hydrogen-bond acceptors (Lipinski definition) is 6. The molecule has 0 radical (unpaired) electrons. The number of benzene rings is 2. The third-order valence-electron chi connectivity index (χ3n) is 5.80. The van der Waals surface area contributed by atoms with E-state index in [0.717, 1.165) is 52.9 Å². The van der Waals surface area contributed by atoms with E-state index < -0.39 is 8.07 Å². The van der Waals surface area contributed by atoms with Gasteiger partial charge in [0.05, 0.1) is 0 Å². The molecule has 2 aromatic carbocycles. The third-order valence-corrected chi connectivity index (χ3v) is 6.68. The second kappa shape index (κ2) is 10.6. The van der Waals surface area contributed by atoms with Crippen molar-refractivity contribution >= 4 is 24.7 Å². The standard InChI is InChI=1S/C27H34N4O2Si/c1-31-15-8-9-21(18-31)28-27-23-11-7-6-10-22(23)26(29-30-27)24-13-12-20(14-16-34(3,4)5)17-25(24)33-19-32-2/h6-7,10-13,17,21H,8-9,15,18-19H2,1-5H3,(H,28,30). The summed E-state index contributed by atoms with van der Waals surface area (Å²) < 4.78 is 11.1. The number of likely N-dealkylation sites (N-methyl/N-ethyl adjacent to an activating group) is 1. The highest BCUT2D eigenvalue weighted by Crippen LogP contribution is 2.36. The number of fused-ring (bicyclic) bond motifs is 1. The third kappa shape index (κ3) is 5.95. The van der Waals surface area contributed by atoms with E-state index in [1.165, 1.54) is 6.42 Å². The number of methoxy groups -OCH3 is 1. The van der Waals surface area contributed by atoms with Crippen LogP contribution in [0.1, 0.15) is 18.4 Å². The van der Waals surface area contributed by atoms with Gasteiger partial charge in [0.1, 0.15) is 19.5 Å². The van der Waals surface area contributed by atoms with Crippen LogP contribution in [0, 0.1) is 11.5 Å². The first-order chi connectivity index (χ1) is 16.3. The molecule has 1 unspecified atom stereocenters. The van der Waals surface area contributed by atoms with Crippen molar-refractivity contribution in [2.75, 3.05) is 39.4 Å². The van der Waals surface area contributed by atoms with Crippen molar-refractivity contribution in [1.29, 1.82) is 0 Å². The smallest absolute Gasteiger partial charge is 0.188 e. The van der Waals surface area contributed by atoms with Crippen molar-refractivity contribution in [2.24, 2.45) is 0 Å². The van der Waals surface area contributed by atoms with Crippen LogP contribution in [0.4, 0.5) is 5.82 Å². The predicted octanol–water partition coefficient (Wildman–Crippen LogP) is 5.01. The molecule has 4 rings (SSSR count). The van der Waals surface area contributed by atoms with Crippen LogP contribution in [0.2, 0.25) is 19.6 Å². The van der Waals surface area contributed by atoms with Crippen LogP contribution in [0.5, 0.6) is 5.75 Å². The average molecular weight is 475 g/mol. The van der Waals surface area contributed by atoms with Gasteiger partial charge in [0.15, 0.2) is 12.6 Å². The number of piperidine rings is 1. The maximum Gasteiger partial charge on any atom is 0.188 e. The van der Waals surface area contributed by atoms with Gasteiger partial charge in [0.25, 0.3) is 0 Å². The van der Waals surface area contributed by atoms with Gasteiger partial charge >= 0.3 is 0 Å². The van der Waals surface area contributed by atoms with Gasteiger partial charge in [0.2, 0.25) is 0 Å². The summed E-state index contributed by atoms with van der Waals surface area (Å²) in [6.45, 7) is 9.01. The molecule has 0 saturated carbocycles. The zero-order chi connectivity index (χ0) is 24.1. The maximum absolute atomic E-state index is 5.96. The first-order valence-electron chi connectivity index (χ1n) is 11.8. The zero-order valence-electron chi connectivity index (χ0n) is 20.8. The molecule has 1 saturated heterocycles. The summed E-state index contributed by atoms with van der Waals surface area (Å²) in [6.07, 6.45) is 2.32. The summed E-state index contributed by atoms with van der Waals surface area (Å²) in [5.41, 5.74) is 6.01. The Kier molecular flexibility index (Phi) is 7.52. The number of nitrogens with one attached hydrogen (secondary N) is 1. The van der Waals surface area contributed by atoms with Gasteiger partial charge < -0.3 is 19.7 Å². The minimum atomic E-state index is -1.48. The monoisotopic (exact) mass is 474 g/mol. The summed E-state index contributed by atoms with van der Waals surface area (Å²) in [7, 11) is 2.30. The van der Waals surface area contributed by atoms with Gasteiger partial charge in [-0.2, -0.15) is 0 Å². The molecule has 3 aromatic rings. The SMILES string of the molecule is COCOc1cc(C#C[Si](C)(C)C)ccc1-c1nnc(NC2CCCN(C)C2)c2ccccc12. The Bertz CT molecular complexity index is 1210. The number of hydrogen-bond donors (Lipinski definition) is 1. The fraction of sp³-hybridized carbons (Fsp3) is 0.407. The summed E-state index contributed by atoms with van der Waals surface area (Å²) >= 11 is 0. The number of anilines is 1. The molecule has 1 aliphatic heterocycles. The van der Waals surface area contributed by atoms with Gasteiger partial charge in [-0.05, 0) is 44.6 Å². The largest absolute Gasteiger partial charge is 0.467 e. The van der Waals surface area contributed by atoms with Crippen LogP contribution in [0.15, 0.2) is 42.5 Å². The summed E-state index contributed by atoms with van der Waals surface area (Å²) in [5, 5.41) is 15.0. The molecule has 1 N–H and O–H groups in total. The van der Waals surface area contributed by atoms with Crippen molar-refractivity contribution in [1.82, 2.24) is 15.1 Å². The normalized spacial score (nSPS) is 16.7. The Labute approximate surface area is 203 Å². The van der Waals surface area contributed by atoms with E-state index >= 15 is 0 Å². The summed E-state index contributed by atoms with van der Waals surface area (Å²) in [5.74, 6) is 4.84. The lowest BCUT2D eigenvalue weighted by atomic mass is 10.0. The first kappa shape index (κ1) is 24.2. The van der Waals surface area contributed by atoms with Crippen molar-refractivity contribution < 1.29 is 9.47 Å². The number of nitrogens with zero attached hydrogens (tertiary/aromatic N) is 3. The molecule has 178 valence electrons. The molecule has 0 bridgehead atoms. The number of rotatable bonds is 6. The molecule has 0 spiro atoms. The molecule has 0 amide bonds. The number of aromatic nitrogens is 2. The molecule has 34 heavy (non-hydrogen) atoms. The van der Waals surface area contributed by atoms with E-state index in [0.29, 0.717) is 11.8 Å². The van der Waals surface area contributed by atoms with E-state index in [-0.39, 0.29) is 6.79 Å². The van der Waals surface area contributed by atoms with Crippen LogP contribution in [-0.4, -0.2) is 63.3 Å². The van der Waals surface area contributed by atoms with E-state index in [2.05, 4.69) is 70.7 Å². The fourth-order valence-electron chi connectivity index (χ4n) is 4.18. The van der Waals surface area contributed by atoms with Crippen LogP contribution >= 0.6 is 0 Å². The molecule has 1 fully saturated rings. The first-order valence-corrected chi connectivity index (χ1v) is 15.3. The van der Waals surface area contributed by atoms with Gasteiger partial charge in [-0.25, -0.2) is 0 Å². The van der Waals surface area contributed by atoms with Gasteiger partial charge in [-0.3, -0.25) is 0 Å². The van der Waals surface area contributed by atoms with Crippen molar-refractivity contribution in [3.05, 3.63) is 48.0 Å². The van der Waals surface area contributed by atoms with Crippen LogP contribution in [0.25, 0.3) is 22.0 Å². The van der Waals surface area contributed by atoms with Gasteiger partial charge in [-0.15, -0.1) is 15.7 Å². The van der Waals surface area contributed by atoms with Gasteiger partial charge in [-0.1, -0.05) is 49.8 Å². The molecule has 1 aliphatic rings. The molecule has 1 atom stereocenters. The molecule has 7 heteroatoms. The van der Waals surface area contributed by atoms with Crippen molar-refractivity contribution in [3.63, 3.8) is 0 Å². The molecule has 2 heterocycles. The van der Waals surface area contributed by atoms with Gasteiger partial charge in [0, 0.05) is 41.6 Å². The molecule has 6 nitrogen and oxygen atoms in total. The Morgan fingerprint density at radius 3 is 2.65 bits per heavy atom. The zero-order valence-corrected chi connectivity index (χ0v) is 21.8. The Balaban J connectivity index is 1.74. The summed E-state index contributed by atoms with van der Waals surface area (Å²) in [6, 6.07) is 14.7. The maximum atomic E-state index is 5.96. The Morgan fingerprint density at radius 1 is 1.12 bits per heavy atom. The van der Waals surface area contributed by atoms with Crippen LogP contribution < -0.4 is 10.1 Å². The number of ether oxygens (including phenoxy) is 2. The molecular weight excluding hydrogens is 440 g/mol. The highest BCUT2D eigenvalue weighted by atomic mass is 28.3. The fourth-order valence-corrected chi connectivity index (χ4v) is 4.70. The highest BCUT2D eigenvalue weighted by molar-refractivity contribution is 6.83. The van der Waals surface area contributed by atoms with E-state index in [1.807, 2.05) is 30.3 Å². The second-order valence-electron chi connectivity index (χ2n) is 9.95. The molecular formula is C27H34N4O2Si. The minimum Gasteiger partial charge on any atom is -0.467 e. The van der Waals surface area contributed by atoms with E-state index in [9.17, 15) is 0 Å². The minimum absolute atomic E-state index is 0.151. The van der Waals surface area contributed by atoms with Crippen LogP contribution in [-0.2, 0) is 4.74 Å². The lowest BCUT2D eigenvalue weighted by Gasteiger charge is -2.30. The quantitative estimate of drug-likeness (QED) is 0.308. The van der Waals surface area contributed by atoms with E-state index in [4.69, 9.17) is 9.47 Å². The molecule has 0 aliphatic carbocycles. The number of likely N-dealkylation sites (tertiary alicyclic amines) is 1. The molecule has 1 aromatic heterocycles. The van der Waals surface area contributed by atoms with E-state index in [1.54, 1.807) is 7.11 Å². The summed E-state index contributed by atoms with van der Waals surface area (Å²) in [4.78, 5) is 2.36. The van der Waals surface area contributed by atoms with Crippen LogP contribution in [0.3, 0.4) is 0 Å². The second-order valence-corrected chi connectivity index (χ2v) is 14.7. The van der Waals surface area contributed by atoms with Crippen molar-refractivity contribution in [2.45, 2.75) is 38.5 Å². The lowest BCUT2D eigenvalue weighted by molar-refractivity contribution is 0.0515. The van der Waals surface area contributed by atoms with Crippen molar-refractivity contribution in [3.8, 4) is 28.5 Å².